The van der Waals surface area contributed by atoms with Gasteiger partial charge in [0.25, 0.3) is 5.69 Å². The van der Waals surface area contributed by atoms with E-state index in [0.717, 1.165) is 12.1 Å². The molecule has 2 N–H and O–H groups in total. The molecule has 2 aromatic carbocycles. The van der Waals surface area contributed by atoms with Crippen LogP contribution in [0.5, 0.6) is 0 Å². The number of aliphatic hydroxyl groups excluding tert-OH is 1. The van der Waals surface area contributed by atoms with Crippen molar-refractivity contribution in [3.63, 3.8) is 0 Å². The Balaban J connectivity index is 2.07. The summed E-state index contributed by atoms with van der Waals surface area (Å²) in [5.74, 6) is -1.26. The number of rotatable bonds is 7. The zero-order valence-corrected chi connectivity index (χ0v) is 15.8. The SMILES string of the molecule is CNC(=O)C(c1ccccc1[N+](=O)[O-])[C@H](CN1CC[C@H](O)C1)c1ccccc1. The van der Waals surface area contributed by atoms with Gasteiger partial charge in [-0.2, -0.15) is 0 Å². The number of likely N-dealkylation sites (N-methyl/N-ethyl adjacent to an activating group) is 1. The molecule has 0 aliphatic carbocycles. The fraction of sp³-hybridized carbons (Fsp3) is 0.381. The van der Waals surface area contributed by atoms with Crippen LogP contribution in [0.25, 0.3) is 0 Å². The molecule has 7 nitrogen and oxygen atoms in total. The first-order chi connectivity index (χ1) is 13.5. The van der Waals surface area contributed by atoms with Crippen molar-refractivity contribution < 1.29 is 14.8 Å². The van der Waals surface area contributed by atoms with Crippen LogP contribution in [-0.2, 0) is 4.79 Å². The molecule has 0 saturated carbocycles. The predicted octanol–water partition coefficient (Wildman–Crippen LogP) is 2.27. The van der Waals surface area contributed by atoms with E-state index in [2.05, 4.69) is 10.2 Å². The number of carbonyl (C=O) groups excluding carboxylic acids is 1. The van der Waals surface area contributed by atoms with Crippen molar-refractivity contribution in [3.8, 4) is 0 Å². The maximum atomic E-state index is 12.9. The van der Waals surface area contributed by atoms with Crippen molar-refractivity contribution >= 4 is 11.6 Å². The summed E-state index contributed by atoms with van der Waals surface area (Å²) in [6.07, 6.45) is 0.318. The van der Waals surface area contributed by atoms with Gasteiger partial charge in [-0.25, -0.2) is 0 Å². The Labute approximate surface area is 164 Å². The van der Waals surface area contributed by atoms with Crippen molar-refractivity contribution in [2.75, 3.05) is 26.7 Å². The molecule has 7 heteroatoms. The van der Waals surface area contributed by atoms with Crippen LogP contribution in [0.4, 0.5) is 5.69 Å². The Kier molecular flexibility index (Phi) is 6.38. The van der Waals surface area contributed by atoms with Crippen LogP contribution in [0, 0.1) is 10.1 Å². The van der Waals surface area contributed by atoms with E-state index in [-0.39, 0.29) is 23.6 Å². The quantitative estimate of drug-likeness (QED) is 0.565. The summed E-state index contributed by atoms with van der Waals surface area (Å²) in [6, 6.07) is 16.0. The highest BCUT2D eigenvalue weighted by molar-refractivity contribution is 5.86. The molecule has 3 atom stereocenters. The lowest BCUT2D eigenvalue weighted by Crippen LogP contribution is -2.36. The molecular formula is C21H25N3O4. The molecule has 0 radical (unpaired) electrons. The normalized spacial score (nSPS) is 19.1. The average Bonchev–Trinajstić information content (AvgIpc) is 3.13. The second-order valence-corrected chi connectivity index (χ2v) is 7.13. The topological polar surface area (TPSA) is 95.7 Å². The van der Waals surface area contributed by atoms with E-state index in [4.69, 9.17) is 0 Å². The van der Waals surface area contributed by atoms with Gasteiger partial charge in [0.1, 0.15) is 0 Å². The number of aliphatic hydroxyl groups is 1. The second kappa shape index (κ2) is 8.95. The Morgan fingerprint density at radius 2 is 1.93 bits per heavy atom. The summed E-state index contributed by atoms with van der Waals surface area (Å²) >= 11 is 0. The molecule has 1 saturated heterocycles. The second-order valence-electron chi connectivity index (χ2n) is 7.13. The highest BCUT2D eigenvalue weighted by atomic mass is 16.6. The number of carbonyl (C=O) groups is 1. The van der Waals surface area contributed by atoms with E-state index in [9.17, 15) is 20.0 Å². The standard InChI is InChI=1S/C21H25N3O4/c1-22-21(26)20(17-9-5-6-10-19(17)24(27)28)18(15-7-3-2-4-8-15)14-23-12-11-16(25)13-23/h2-10,16,18,20,25H,11-14H2,1H3,(H,22,26)/t16-,18+,20?/m0/s1. The number of β-amino-alcohol motifs (C(OH)–C–C–N with tert-alkyl or cyclic N) is 1. The molecule has 1 amide bonds. The van der Waals surface area contributed by atoms with E-state index < -0.39 is 10.8 Å². The fourth-order valence-electron chi connectivity index (χ4n) is 3.97. The number of benzene rings is 2. The molecule has 2 aromatic rings. The lowest BCUT2D eigenvalue weighted by atomic mass is 9.79. The summed E-state index contributed by atoms with van der Waals surface area (Å²) in [4.78, 5) is 26.2. The monoisotopic (exact) mass is 383 g/mol. The highest BCUT2D eigenvalue weighted by Crippen LogP contribution is 2.38. The maximum absolute atomic E-state index is 12.9. The van der Waals surface area contributed by atoms with E-state index >= 15 is 0 Å². The van der Waals surface area contributed by atoms with Gasteiger partial charge in [0.05, 0.1) is 16.9 Å². The lowest BCUT2D eigenvalue weighted by Gasteiger charge is -2.30. The minimum atomic E-state index is -0.716. The lowest BCUT2D eigenvalue weighted by molar-refractivity contribution is -0.385. The van der Waals surface area contributed by atoms with Gasteiger partial charge in [-0.15, -0.1) is 0 Å². The summed E-state index contributed by atoms with van der Waals surface area (Å²) in [6.45, 7) is 1.81. The van der Waals surface area contributed by atoms with Crippen LogP contribution >= 0.6 is 0 Å². The van der Waals surface area contributed by atoms with Gasteiger partial charge in [0.2, 0.25) is 5.91 Å². The highest BCUT2D eigenvalue weighted by Gasteiger charge is 2.37. The van der Waals surface area contributed by atoms with E-state index in [1.807, 2.05) is 30.3 Å². The third-order valence-electron chi connectivity index (χ3n) is 5.33. The van der Waals surface area contributed by atoms with E-state index in [0.29, 0.717) is 25.1 Å². The molecule has 0 spiro atoms. The molecule has 1 aliphatic rings. The zero-order valence-electron chi connectivity index (χ0n) is 15.8. The number of nitro benzene ring substituents is 1. The predicted molar refractivity (Wildman–Crippen MR) is 106 cm³/mol. The number of likely N-dealkylation sites (tertiary alicyclic amines) is 1. The first-order valence-corrected chi connectivity index (χ1v) is 9.41. The fourth-order valence-corrected chi connectivity index (χ4v) is 3.97. The number of para-hydroxylation sites is 1. The van der Waals surface area contributed by atoms with E-state index in [1.165, 1.54) is 6.07 Å². The molecule has 28 heavy (non-hydrogen) atoms. The number of nitrogens with zero attached hydrogens (tertiary/aromatic N) is 2. The van der Waals surface area contributed by atoms with Gasteiger partial charge < -0.3 is 15.3 Å². The van der Waals surface area contributed by atoms with Gasteiger partial charge in [0, 0.05) is 44.2 Å². The van der Waals surface area contributed by atoms with Crippen molar-refractivity contribution in [2.24, 2.45) is 0 Å². The van der Waals surface area contributed by atoms with Crippen LogP contribution in [0.2, 0.25) is 0 Å². The summed E-state index contributed by atoms with van der Waals surface area (Å²) in [7, 11) is 1.55. The smallest absolute Gasteiger partial charge is 0.273 e. The number of hydrogen-bond donors (Lipinski definition) is 2. The van der Waals surface area contributed by atoms with Crippen LogP contribution in [-0.4, -0.2) is 53.6 Å². The van der Waals surface area contributed by atoms with E-state index in [1.54, 1.807) is 25.2 Å². The third-order valence-corrected chi connectivity index (χ3v) is 5.33. The van der Waals surface area contributed by atoms with Crippen LogP contribution in [0.3, 0.4) is 0 Å². The van der Waals surface area contributed by atoms with Gasteiger partial charge in [-0.3, -0.25) is 14.9 Å². The Hall–Kier alpha value is -2.77. The first kappa shape index (κ1) is 20.0. The summed E-state index contributed by atoms with van der Waals surface area (Å²) in [5.41, 5.74) is 1.29. The van der Waals surface area contributed by atoms with Crippen molar-refractivity contribution in [1.29, 1.82) is 0 Å². The molecule has 0 bridgehead atoms. The minimum absolute atomic E-state index is 0.0570. The van der Waals surface area contributed by atoms with Gasteiger partial charge in [0.15, 0.2) is 0 Å². The number of amides is 1. The molecule has 3 rings (SSSR count). The Bertz CT molecular complexity index is 827. The molecule has 148 valence electrons. The minimum Gasteiger partial charge on any atom is -0.392 e. The Morgan fingerprint density at radius 1 is 1.25 bits per heavy atom. The molecule has 0 aromatic heterocycles. The van der Waals surface area contributed by atoms with Crippen LogP contribution < -0.4 is 5.32 Å². The number of nitrogens with one attached hydrogen (secondary N) is 1. The van der Waals surface area contributed by atoms with Gasteiger partial charge >= 0.3 is 0 Å². The molecule has 1 fully saturated rings. The summed E-state index contributed by atoms with van der Waals surface area (Å²) < 4.78 is 0. The Morgan fingerprint density at radius 3 is 2.54 bits per heavy atom. The average molecular weight is 383 g/mol. The molecule has 1 heterocycles. The van der Waals surface area contributed by atoms with Gasteiger partial charge in [-0.05, 0) is 12.0 Å². The van der Waals surface area contributed by atoms with Crippen molar-refractivity contribution in [3.05, 3.63) is 75.8 Å². The third kappa shape index (κ3) is 4.37. The number of nitro groups is 1. The van der Waals surface area contributed by atoms with Gasteiger partial charge in [-0.1, -0.05) is 48.5 Å². The zero-order chi connectivity index (χ0) is 20.1. The van der Waals surface area contributed by atoms with Crippen molar-refractivity contribution in [2.45, 2.75) is 24.4 Å². The molecule has 1 aliphatic heterocycles. The largest absolute Gasteiger partial charge is 0.392 e. The number of hydrogen-bond acceptors (Lipinski definition) is 5. The first-order valence-electron chi connectivity index (χ1n) is 9.41. The van der Waals surface area contributed by atoms with Crippen LogP contribution in [0.15, 0.2) is 54.6 Å². The molecular weight excluding hydrogens is 358 g/mol. The maximum Gasteiger partial charge on any atom is 0.273 e. The molecule has 1 unspecified atom stereocenters. The van der Waals surface area contributed by atoms with Crippen LogP contribution in [0.1, 0.15) is 29.4 Å². The summed E-state index contributed by atoms with van der Waals surface area (Å²) in [5, 5.41) is 24.2. The van der Waals surface area contributed by atoms with Crippen molar-refractivity contribution in [1.82, 2.24) is 10.2 Å².